The van der Waals surface area contributed by atoms with Crippen LogP contribution < -0.4 is 0 Å². The van der Waals surface area contributed by atoms with Crippen LogP contribution in [0.4, 0.5) is 0 Å². The molecule has 1 heterocycles. The number of nitrogens with zero attached hydrogens (tertiary/aromatic N) is 1. The summed E-state index contributed by atoms with van der Waals surface area (Å²) in [5, 5.41) is 0.0460. The van der Waals surface area contributed by atoms with Crippen molar-refractivity contribution >= 4 is 40.3 Å². The molecule has 2 unspecified atom stereocenters. The van der Waals surface area contributed by atoms with Gasteiger partial charge in [-0.2, -0.15) is 0 Å². The molecule has 4 heteroatoms. The summed E-state index contributed by atoms with van der Waals surface area (Å²) in [6.07, 6.45) is 6.01. The molecule has 0 radical (unpaired) electrons. The second kappa shape index (κ2) is 7.64. The molecule has 0 aliphatic carbocycles. The van der Waals surface area contributed by atoms with Gasteiger partial charge in [0.1, 0.15) is 0 Å². The minimum Gasteiger partial charge on any atom is -0.273 e. The molecular weight excluding hydrogens is 357 g/mol. The van der Waals surface area contributed by atoms with E-state index in [9.17, 15) is 4.79 Å². The zero-order chi connectivity index (χ0) is 13.6. The predicted molar refractivity (Wildman–Crippen MR) is 87.7 cm³/mol. The Labute approximate surface area is 129 Å². The number of rotatable bonds is 5. The van der Waals surface area contributed by atoms with Crippen molar-refractivity contribution in [1.29, 1.82) is 0 Å². The van der Waals surface area contributed by atoms with Crippen LogP contribution in [0.2, 0.25) is 0 Å². The zero-order valence-electron chi connectivity index (χ0n) is 11.5. The van der Waals surface area contributed by atoms with E-state index in [0.29, 0.717) is 0 Å². The molecule has 0 aromatic carbocycles. The highest BCUT2D eigenvalue weighted by Gasteiger charge is 2.45. The SMILES string of the molecule is CCCCCCC1(C)SC(C)C(=O)N1C#CCI. The lowest BCUT2D eigenvalue weighted by molar-refractivity contribution is -0.128. The van der Waals surface area contributed by atoms with E-state index in [4.69, 9.17) is 0 Å². The summed E-state index contributed by atoms with van der Waals surface area (Å²) >= 11 is 3.98. The van der Waals surface area contributed by atoms with E-state index in [2.05, 4.69) is 48.4 Å². The first-order valence-electron chi connectivity index (χ1n) is 6.61. The van der Waals surface area contributed by atoms with E-state index >= 15 is 0 Å². The molecule has 0 saturated carbocycles. The van der Waals surface area contributed by atoms with E-state index < -0.39 is 0 Å². The predicted octanol–water partition coefficient (Wildman–Crippen LogP) is 4.03. The second-order valence-electron chi connectivity index (χ2n) is 4.84. The quantitative estimate of drug-likeness (QED) is 0.311. The zero-order valence-corrected chi connectivity index (χ0v) is 14.4. The fourth-order valence-electron chi connectivity index (χ4n) is 2.23. The summed E-state index contributed by atoms with van der Waals surface area (Å²) in [6.45, 7) is 6.37. The summed E-state index contributed by atoms with van der Waals surface area (Å²) in [6, 6.07) is 3.05. The third-order valence-electron chi connectivity index (χ3n) is 3.22. The average Bonchev–Trinajstić information content (AvgIpc) is 2.55. The maximum atomic E-state index is 12.1. The van der Waals surface area contributed by atoms with Crippen molar-refractivity contribution in [2.75, 3.05) is 4.43 Å². The van der Waals surface area contributed by atoms with E-state index in [1.165, 1.54) is 25.7 Å². The highest BCUT2D eigenvalue weighted by molar-refractivity contribution is 14.1. The van der Waals surface area contributed by atoms with Crippen LogP contribution in [0.1, 0.15) is 52.9 Å². The van der Waals surface area contributed by atoms with Gasteiger partial charge in [-0.1, -0.05) is 61.1 Å². The number of hydrogen-bond donors (Lipinski definition) is 0. The smallest absolute Gasteiger partial charge is 0.248 e. The van der Waals surface area contributed by atoms with Crippen molar-refractivity contribution in [3.8, 4) is 12.0 Å². The molecule has 18 heavy (non-hydrogen) atoms. The monoisotopic (exact) mass is 379 g/mol. The molecule has 1 amide bonds. The minimum atomic E-state index is -0.122. The number of thioether (sulfide) groups is 1. The maximum absolute atomic E-state index is 12.1. The average molecular weight is 379 g/mol. The van der Waals surface area contributed by atoms with E-state index in [1.807, 2.05) is 6.92 Å². The number of unbranched alkanes of at least 4 members (excludes halogenated alkanes) is 3. The Morgan fingerprint density at radius 3 is 2.78 bits per heavy atom. The molecule has 2 atom stereocenters. The first kappa shape index (κ1) is 16.2. The molecule has 2 nitrogen and oxygen atoms in total. The van der Waals surface area contributed by atoms with Crippen LogP contribution in [0.5, 0.6) is 0 Å². The summed E-state index contributed by atoms with van der Waals surface area (Å²) < 4.78 is 0.770. The van der Waals surface area contributed by atoms with Crippen LogP contribution in [0.15, 0.2) is 0 Å². The molecule has 0 spiro atoms. The number of amides is 1. The highest BCUT2D eigenvalue weighted by atomic mass is 127. The second-order valence-corrected chi connectivity index (χ2v) is 7.43. The van der Waals surface area contributed by atoms with Crippen molar-refractivity contribution in [1.82, 2.24) is 4.90 Å². The van der Waals surface area contributed by atoms with Crippen molar-refractivity contribution in [2.45, 2.75) is 63.0 Å². The van der Waals surface area contributed by atoms with E-state index in [-0.39, 0.29) is 16.0 Å². The van der Waals surface area contributed by atoms with E-state index in [1.54, 1.807) is 16.7 Å². The molecule has 0 aromatic rings. The summed E-state index contributed by atoms with van der Waals surface area (Å²) in [5.41, 5.74) is 0. The van der Waals surface area contributed by atoms with Gasteiger partial charge < -0.3 is 0 Å². The number of carbonyl (C=O) groups excluding carboxylic acids is 1. The molecule has 0 N–H and O–H groups in total. The van der Waals surface area contributed by atoms with Gasteiger partial charge >= 0.3 is 0 Å². The van der Waals surface area contributed by atoms with Gasteiger partial charge in [-0.15, -0.1) is 11.8 Å². The molecule has 1 saturated heterocycles. The van der Waals surface area contributed by atoms with Crippen LogP contribution in [0, 0.1) is 12.0 Å². The molecule has 1 fully saturated rings. The maximum Gasteiger partial charge on any atom is 0.248 e. The van der Waals surface area contributed by atoms with Gasteiger partial charge in [0.2, 0.25) is 5.91 Å². The van der Waals surface area contributed by atoms with Crippen molar-refractivity contribution in [3.63, 3.8) is 0 Å². The Hall–Kier alpha value is 0.110. The first-order chi connectivity index (χ1) is 8.55. The van der Waals surface area contributed by atoms with Crippen molar-refractivity contribution in [2.24, 2.45) is 0 Å². The van der Waals surface area contributed by atoms with E-state index in [0.717, 1.165) is 10.8 Å². The number of carbonyl (C=O) groups is 1. The number of alkyl halides is 1. The van der Waals surface area contributed by atoms with Crippen LogP contribution in [-0.2, 0) is 4.79 Å². The van der Waals surface area contributed by atoms with Crippen LogP contribution in [0.25, 0.3) is 0 Å². The third-order valence-corrected chi connectivity index (χ3v) is 5.05. The summed E-state index contributed by atoms with van der Waals surface area (Å²) in [4.78, 5) is 13.8. The van der Waals surface area contributed by atoms with Crippen LogP contribution in [0.3, 0.4) is 0 Å². The lowest BCUT2D eigenvalue weighted by Crippen LogP contribution is -2.38. The molecule has 0 aromatic heterocycles. The van der Waals surface area contributed by atoms with Gasteiger partial charge in [-0.3, -0.25) is 9.69 Å². The van der Waals surface area contributed by atoms with Gasteiger partial charge in [0.15, 0.2) is 0 Å². The highest BCUT2D eigenvalue weighted by Crippen LogP contribution is 2.43. The van der Waals surface area contributed by atoms with Crippen molar-refractivity contribution in [3.05, 3.63) is 0 Å². The molecule has 1 aliphatic rings. The molecule has 1 aliphatic heterocycles. The number of hydrogen-bond acceptors (Lipinski definition) is 2. The standard InChI is InChI=1S/C14H22INOS/c1-4-5-6-7-9-14(3)16(11-8-10-15)13(17)12(2)18-14/h12H,4-7,9-10H2,1-3H3. The third kappa shape index (κ3) is 4.06. The lowest BCUT2D eigenvalue weighted by Gasteiger charge is -2.29. The minimum absolute atomic E-state index is 0.0460. The Morgan fingerprint density at radius 1 is 1.44 bits per heavy atom. The van der Waals surface area contributed by atoms with Crippen LogP contribution in [-0.4, -0.2) is 25.4 Å². The summed E-state index contributed by atoms with van der Waals surface area (Å²) in [5.74, 6) is 3.20. The molecule has 102 valence electrons. The fraction of sp³-hybridized carbons (Fsp3) is 0.786. The fourth-order valence-corrected chi connectivity index (χ4v) is 3.87. The molecule has 1 rings (SSSR count). The Morgan fingerprint density at radius 2 is 2.17 bits per heavy atom. The van der Waals surface area contributed by atoms with Gasteiger partial charge in [-0.05, 0) is 20.3 Å². The normalized spacial score (nSPS) is 27.2. The van der Waals surface area contributed by atoms with Crippen molar-refractivity contribution < 1.29 is 4.79 Å². The van der Waals surface area contributed by atoms with Crippen LogP contribution >= 0.6 is 34.4 Å². The number of halogens is 1. The van der Waals surface area contributed by atoms with Gasteiger partial charge in [0.25, 0.3) is 0 Å². The lowest BCUT2D eigenvalue weighted by atomic mass is 10.1. The topological polar surface area (TPSA) is 20.3 Å². The largest absolute Gasteiger partial charge is 0.273 e. The Balaban J connectivity index is 2.67. The van der Waals surface area contributed by atoms with Gasteiger partial charge in [0, 0.05) is 6.04 Å². The van der Waals surface area contributed by atoms with Gasteiger partial charge in [0.05, 0.1) is 14.5 Å². The molecular formula is C14H22INOS. The summed E-state index contributed by atoms with van der Waals surface area (Å²) in [7, 11) is 0. The first-order valence-corrected chi connectivity index (χ1v) is 9.02. The molecule has 0 bridgehead atoms. The van der Waals surface area contributed by atoms with Gasteiger partial charge in [-0.25, -0.2) is 0 Å². The Bertz CT molecular complexity index is 349. The Kier molecular flexibility index (Phi) is 6.86.